The second kappa shape index (κ2) is 12.4. The van der Waals surface area contributed by atoms with Crippen LogP contribution in [0.15, 0.2) is 0 Å². The summed E-state index contributed by atoms with van der Waals surface area (Å²) in [7, 11) is -3.85. The molecule has 0 aromatic rings. The fourth-order valence-electron chi connectivity index (χ4n) is 1.60. The van der Waals surface area contributed by atoms with E-state index < -0.39 is 31.7 Å². The first-order valence-corrected chi connectivity index (χ1v) is 9.89. The summed E-state index contributed by atoms with van der Waals surface area (Å²) in [5.74, 6) is -1.34. The van der Waals surface area contributed by atoms with Crippen molar-refractivity contribution in [3.05, 3.63) is 0 Å². The van der Waals surface area contributed by atoms with Crippen LogP contribution in [0.3, 0.4) is 0 Å². The minimum atomic E-state index is -3.85. The topological polar surface area (TPSA) is 97.4 Å². The minimum Gasteiger partial charge on any atom is -0.464 e. The molecule has 24 heavy (non-hydrogen) atoms. The Morgan fingerprint density at radius 2 is 1.38 bits per heavy atom. The lowest BCUT2D eigenvalue weighted by atomic mass is 10.4. The smallest absolute Gasteiger partial charge is 0.357 e. The largest absolute Gasteiger partial charge is 0.464 e. The van der Waals surface area contributed by atoms with Crippen LogP contribution in [0, 0.1) is 0 Å². The zero-order chi connectivity index (χ0) is 18.6. The standard InChI is InChI=1S/C15H29O8P/c1-6-9-10-19-11-24(18,22-12(4)14(16)20-7-2)23-13(5)15(17)21-8-3/h12-13H,6-11H2,1-5H3/t12-,13-/m0/s1. The molecule has 0 N–H and O–H groups in total. The van der Waals surface area contributed by atoms with Crippen molar-refractivity contribution in [3.63, 3.8) is 0 Å². The third-order valence-corrected chi connectivity index (χ3v) is 4.54. The molecule has 0 unspecified atom stereocenters. The van der Waals surface area contributed by atoms with Crippen molar-refractivity contribution in [3.8, 4) is 0 Å². The normalized spacial score (nSPS) is 14.0. The summed E-state index contributed by atoms with van der Waals surface area (Å²) in [6.07, 6.45) is -0.897. The molecule has 0 rings (SSSR count). The zero-order valence-electron chi connectivity index (χ0n) is 15.1. The Bertz CT molecular complexity index is 396. The average molecular weight is 368 g/mol. The van der Waals surface area contributed by atoms with Gasteiger partial charge in [0, 0.05) is 6.61 Å². The number of rotatable bonds is 13. The molecule has 0 aliphatic rings. The molecule has 0 aliphatic carbocycles. The highest BCUT2D eigenvalue weighted by atomic mass is 31.2. The Kier molecular flexibility index (Phi) is 11.9. The Balaban J connectivity index is 4.89. The summed E-state index contributed by atoms with van der Waals surface area (Å²) in [6.45, 7) is 8.79. The minimum absolute atomic E-state index is 0.171. The van der Waals surface area contributed by atoms with E-state index in [9.17, 15) is 14.2 Å². The first-order chi connectivity index (χ1) is 11.3. The summed E-state index contributed by atoms with van der Waals surface area (Å²) >= 11 is 0. The number of carbonyl (C=O) groups is 2. The molecule has 0 spiro atoms. The Labute approximate surface area is 143 Å². The molecule has 0 saturated carbocycles. The quantitative estimate of drug-likeness (QED) is 0.278. The van der Waals surface area contributed by atoms with E-state index >= 15 is 0 Å². The van der Waals surface area contributed by atoms with Crippen LogP contribution in [0.2, 0.25) is 0 Å². The van der Waals surface area contributed by atoms with E-state index in [1.165, 1.54) is 13.8 Å². The highest BCUT2D eigenvalue weighted by Gasteiger charge is 2.35. The van der Waals surface area contributed by atoms with Crippen LogP contribution in [0.4, 0.5) is 0 Å². The van der Waals surface area contributed by atoms with Crippen LogP contribution in [0.1, 0.15) is 47.5 Å². The second-order valence-electron chi connectivity index (χ2n) is 5.00. The number of esters is 2. The van der Waals surface area contributed by atoms with Crippen LogP contribution in [0.5, 0.6) is 0 Å². The maximum atomic E-state index is 12.8. The fraction of sp³-hybridized carbons (Fsp3) is 0.867. The molecule has 8 nitrogen and oxygen atoms in total. The number of unbranched alkanes of at least 4 members (excludes halogenated alkanes) is 1. The number of hydrogen-bond donors (Lipinski definition) is 0. The van der Waals surface area contributed by atoms with Crippen molar-refractivity contribution in [2.45, 2.75) is 59.7 Å². The Hall–Kier alpha value is -0.950. The molecule has 0 aromatic heterocycles. The molecule has 2 atom stereocenters. The summed E-state index contributed by atoms with van der Waals surface area (Å²) in [4.78, 5) is 23.3. The van der Waals surface area contributed by atoms with Crippen LogP contribution in [-0.2, 0) is 37.4 Å². The van der Waals surface area contributed by atoms with Crippen molar-refractivity contribution >= 4 is 19.5 Å². The molecule has 0 radical (unpaired) electrons. The first kappa shape index (κ1) is 23.1. The lowest BCUT2D eigenvalue weighted by Crippen LogP contribution is -2.27. The maximum absolute atomic E-state index is 12.8. The van der Waals surface area contributed by atoms with E-state index in [4.69, 9.17) is 23.3 Å². The monoisotopic (exact) mass is 368 g/mol. The first-order valence-electron chi connectivity index (χ1n) is 8.16. The van der Waals surface area contributed by atoms with Gasteiger partial charge in [0.15, 0.2) is 12.2 Å². The lowest BCUT2D eigenvalue weighted by molar-refractivity contribution is -0.152. The van der Waals surface area contributed by atoms with E-state index in [0.29, 0.717) is 6.61 Å². The van der Waals surface area contributed by atoms with Crippen LogP contribution in [-0.4, -0.2) is 50.3 Å². The van der Waals surface area contributed by atoms with Crippen molar-refractivity contribution in [2.24, 2.45) is 0 Å². The predicted octanol–water partition coefficient (Wildman–Crippen LogP) is 2.89. The van der Waals surface area contributed by atoms with Gasteiger partial charge in [-0.25, -0.2) is 9.59 Å². The van der Waals surface area contributed by atoms with Gasteiger partial charge in [0.25, 0.3) is 0 Å². The second-order valence-corrected chi connectivity index (χ2v) is 6.90. The van der Waals surface area contributed by atoms with E-state index in [0.717, 1.165) is 12.8 Å². The molecule has 9 heteroatoms. The van der Waals surface area contributed by atoms with E-state index in [-0.39, 0.29) is 19.6 Å². The van der Waals surface area contributed by atoms with Crippen molar-refractivity contribution in [1.29, 1.82) is 0 Å². The van der Waals surface area contributed by atoms with Crippen LogP contribution in [0.25, 0.3) is 0 Å². The molecular weight excluding hydrogens is 339 g/mol. The van der Waals surface area contributed by atoms with Crippen LogP contribution < -0.4 is 0 Å². The molecule has 0 amide bonds. The van der Waals surface area contributed by atoms with Crippen LogP contribution >= 0.6 is 7.60 Å². The van der Waals surface area contributed by atoms with Gasteiger partial charge in [-0.05, 0) is 34.1 Å². The Morgan fingerprint density at radius 1 is 0.917 bits per heavy atom. The van der Waals surface area contributed by atoms with E-state index in [1.54, 1.807) is 13.8 Å². The van der Waals surface area contributed by atoms with Gasteiger partial charge < -0.3 is 14.2 Å². The zero-order valence-corrected chi connectivity index (χ0v) is 16.0. The highest BCUT2D eigenvalue weighted by molar-refractivity contribution is 7.53. The SMILES string of the molecule is CCCCOCP(=O)(O[C@@H](C)C(=O)OCC)O[C@@H](C)C(=O)OCC. The van der Waals surface area contributed by atoms with Gasteiger partial charge >= 0.3 is 19.5 Å². The summed E-state index contributed by atoms with van der Waals surface area (Å²) in [5.41, 5.74) is 0. The molecule has 142 valence electrons. The lowest BCUT2D eigenvalue weighted by Gasteiger charge is -2.24. The van der Waals surface area contributed by atoms with E-state index in [1.807, 2.05) is 6.92 Å². The molecular formula is C15H29O8P. The van der Waals surface area contributed by atoms with Crippen molar-refractivity contribution < 1.29 is 37.4 Å². The van der Waals surface area contributed by atoms with Gasteiger partial charge in [-0.15, -0.1) is 0 Å². The van der Waals surface area contributed by atoms with E-state index in [2.05, 4.69) is 0 Å². The van der Waals surface area contributed by atoms with Crippen molar-refractivity contribution in [2.75, 3.05) is 26.2 Å². The third kappa shape index (κ3) is 9.37. The molecule has 0 heterocycles. The molecule has 0 saturated heterocycles. The van der Waals surface area contributed by atoms with Crippen molar-refractivity contribution in [1.82, 2.24) is 0 Å². The highest BCUT2D eigenvalue weighted by Crippen LogP contribution is 2.50. The molecule has 0 fully saturated rings. The van der Waals surface area contributed by atoms with Gasteiger partial charge in [-0.3, -0.25) is 13.6 Å². The number of carbonyl (C=O) groups excluding carboxylic acids is 2. The molecule has 0 bridgehead atoms. The summed E-state index contributed by atoms with van der Waals surface area (Å²) < 4.78 is 38.3. The third-order valence-electron chi connectivity index (χ3n) is 2.77. The van der Waals surface area contributed by atoms with Gasteiger partial charge in [-0.1, -0.05) is 13.3 Å². The summed E-state index contributed by atoms with van der Waals surface area (Å²) in [6, 6.07) is 0. The average Bonchev–Trinajstić information content (AvgIpc) is 2.52. The predicted molar refractivity (Wildman–Crippen MR) is 87.7 cm³/mol. The van der Waals surface area contributed by atoms with Gasteiger partial charge in [-0.2, -0.15) is 0 Å². The number of ether oxygens (including phenoxy) is 3. The molecule has 0 aliphatic heterocycles. The Morgan fingerprint density at radius 3 is 1.75 bits per heavy atom. The number of hydrogen-bond acceptors (Lipinski definition) is 8. The van der Waals surface area contributed by atoms with Gasteiger partial charge in [0.1, 0.15) is 6.35 Å². The summed E-state index contributed by atoms with van der Waals surface area (Å²) in [5, 5.41) is 0. The fourth-order valence-corrected chi connectivity index (χ4v) is 3.26. The van der Waals surface area contributed by atoms with Gasteiger partial charge in [0.2, 0.25) is 0 Å². The maximum Gasteiger partial charge on any atom is 0.357 e. The van der Waals surface area contributed by atoms with Gasteiger partial charge in [0.05, 0.1) is 13.2 Å². The molecule has 0 aromatic carbocycles.